The third-order valence-corrected chi connectivity index (χ3v) is 8.55. The van der Waals surface area contributed by atoms with Gasteiger partial charge in [0.1, 0.15) is 12.4 Å². The number of amides is 1. The summed E-state index contributed by atoms with van der Waals surface area (Å²) in [5.74, 6) is 0.816. The minimum absolute atomic E-state index is 0.0389. The first-order chi connectivity index (χ1) is 16.7. The van der Waals surface area contributed by atoms with E-state index < -0.39 is 12.7 Å². The lowest BCUT2D eigenvalue weighted by molar-refractivity contribution is -0.149. The van der Waals surface area contributed by atoms with Gasteiger partial charge in [-0.25, -0.2) is 4.39 Å². The van der Waals surface area contributed by atoms with Crippen LogP contribution in [0.5, 0.6) is 5.75 Å². The molecule has 1 aliphatic heterocycles. The summed E-state index contributed by atoms with van der Waals surface area (Å²) in [6, 6.07) is 8.07. The predicted octanol–water partition coefficient (Wildman–Crippen LogP) is 6.06. The van der Waals surface area contributed by atoms with Crippen LogP contribution in [-0.2, 0) is 10.2 Å². The molecule has 1 N–H and O–H groups in total. The fourth-order valence-electron chi connectivity index (χ4n) is 6.08. The van der Waals surface area contributed by atoms with Gasteiger partial charge in [-0.15, -0.1) is 0 Å². The highest BCUT2D eigenvalue weighted by molar-refractivity contribution is 5.83. The van der Waals surface area contributed by atoms with Crippen LogP contribution >= 0.6 is 0 Å². The largest absolute Gasteiger partial charge is 0.489 e. The molecule has 5 rings (SSSR count). The molecule has 0 unspecified atom stereocenters. The van der Waals surface area contributed by atoms with Crippen LogP contribution in [-0.4, -0.2) is 49.3 Å². The average molecular weight is 497 g/mol. The van der Waals surface area contributed by atoms with Crippen LogP contribution in [0.4, 0.5) is 17.6 Å². The Morgan fingerprint density at radius 3 is 2.20 bits per heavy atom. The minimum atomic E-state index is -4.18. The number of halogens is 4. The lowest BCUT2D eigenvalue weighted by Crippen LogP contribution is -2.55. The third-order valence-electron chi connectivity index (χ3n) is 8.55. The number of fused-ring (bicyclic) bond motifs is 3. The van der Waals surface area contributed by atoms with Gasteiger partial charge in [0.25, 0.3) is 0 Å². The van der Waals surface area contributed by atoms with Gasteiger partial charge in [-0.3, -0.25) is 9.69 Å². The van der Waals surface area contributed by atoms with Gasteiger partial charge in [0, 0.05) is 24.5 Å². The number of hydrogen-bond donors (Lipinski definition) is 1. The van der Waals surface area contributed by atoms with Crippen molar-refractivity contribution < 1.29 is 27.1 Å². The number of piperidine rings is 1. The molecule has 3 saturated carbocycles. The number of nitrogens with one attached hydrogen (secondary N) is 1. The van der Waals surface area contributed by atoms with Gasteiger partial charge < -0.3 is 10.1 Å². The maximum Gasteiger partial charge on any atom is 0.401 e. The Morgan fingerprint density at radius 2 is 1.69 bits per heavy atom. The molecule has 3 aliphatic carbocycles. The Morgan fingerprint density at radius 1 is 1.09 bits per heavy atom. The first kappa shape index (κ1) is 26.0. The summed E-state index contributed by atoms with van der Waals surface area (Å²) in [5.41, 5.74) is 1.63. The Bertz CT molecular complexity index is 880. The van der Waals surface area contributed by atoms with Crippen LogP contribution in [0.1, 0.15) is 70.3 Å². The number of ether oxygens (including phenoxy) is 1. The molecule has 1 aromatic carbocycles. The number of likely N-dealkylation sites (tertiary alicyclic amines) is 1. The third kappa shape index (κ3) is 6.01. The number of rotatable bonds is 8. The number of alkyl halides is 3. The molecule has 4 nitrogen and oxygen atoms in total. The second-order valence-corrected chi connectivity index (χ2v) is 10.6. The second kappa shape index (κ2) is 10.5. The topological polar surface area (TPSA) is 41.6 Å². The predicted molar refractivity (Wildman–Crippen MR) is 127 cm³/mol. The van der Waals surface area contributed by atoms with Crippen molar-refractivity contribution in [1.29, 1.82) is 0 Å². The van der Waals surface area contributed by atoms with Crippen LogP contribution in [0.3, 0.4) is 0 Å². The smallest absolute Gasteiger partial charge is 0.401 e. The molecule has 0 radical (unpaired) electrons. The van der Waals surface area contributed by atoms with Crippen molar-refractivity contribution in [3.8, 4) is 5.75 Å². The number of carbonyl (C=O) groups is 1. The number of nitrogens with zero attached hydrogens (tertiary/aromatic N) is 1. The molecule has 0 spiro atoms. The van der Waals surface area contributed by atoms with Crippen LogP contribution in [0.2, 0.25) is 0 Å². The molecule has 1 aromatic rings. The highest BCUT2D eigenvalue weighted by Crippen LogP contribution is 2.58. The van der Waals surface area contributed by atoms with E-state index in [2.05, 4.69) is 17.4 Å². The molecule has 8 heteroatoms. The second-order valence-electron chi connectivity index (χ2n) is 10.6. The minimum Gasteiger partial charge on any atom is -0.489 e. The molecule has 1 saturated heterocycles. The van der Waals surface area contributed by atoms with E-state index >= 15 is 0 Å². The molecule has 1 heterocycles. The van der Waals surface area contributed by atoms with E-state index in [-0.39, 0.29) is 29.4 Å². The highest BCUT2D eigenvalue weighted by Gasteiger charge is 2.53. The van der Waals surface area contributed by atoms with Gasteiger partial charge in [0.15, 0.2) is 0 Å². The van der Waals surface area contributed by atoms with Crippen molar-refractivity contribution >= 4 is 5.91 Å². The van der Waals surface area contributed by atoms with Crippen molar-refractivity contribution in [2.75, 3.05) is 26.2 Å². The Labute approximate surface area is 205 Å². The van der Waals surface area contributed by atoms with E-state index in [1.165, 1.54) is 10.5 Å². The van der Waals surface area contributed by atoms with Gasteiger partial charge in [-0.1, -0.05) is 19.1 Å². The zero-order valence-electron chi connectivity index (χ0n) is 20.4. The van der Waals surface area contributed by atoms with Crippen molar-refractivity contribution in [3.63, 3.8) is 0 Å². The van der Waals surface area contributed by atoms with E-state index in [0.717, 1.165) is 44.3 Å². The lowest BCUT2D eigenvalue weighted by atomic mass is 9.51. The molecular formula is C27H36F4N2O2. The molecular weight excluding hydrogens is 460 g/mol. The van der Waals surface area contributed by atoms with E-state index in [4.69, 9.17) is 4.74 Å². The number of benzene rings is 1. The van der Waals surface area contributed by atoms with E-state index in [1.54, 1.807) is 0 Å². The summed E-state index contributed by atoms with van der Waals surface area (Å²) in [7, 11) is 0. The number of carbonyl (C=O) groups excluding carboxylic acids is 1. The van der Waals surface area contributed by atoms with Gasteiger partial charge in [-0.05, 0) is 86.5 Å². The van der Waals surface area contributed by atoms with Gasteiger partial charge in [0.05, 0.1) is 12.9 Å². The van der Waals surface area contributed by atoms with Gasteiger partial charge >= 0.3 is 6.18 Å². The Kier molecular flexibility index (Phi) is 7.79. The Balaban J connectivity index is 1.29. The summed E-state index contributed by atoms with van der Waals surface area (Å²) < 4.78 is 56.3. The fraction of sp³-hybridized carbons (Fsp3) is 0.667. The van der Waals surface area contributed by atoms with E-state index in [1.807, 2.05) is 19.1 Å². The molecule has 4 fully saturated rings. The standard InChI is InChI=1S/C27H36F4N2O2/c1-2-20(17-28)18-35-23-5-3-21(4-6-23)25-9-12-26(13-10-25,14-11-25)24(34)32-22-7-15-33(16-8-22)19-27(29,30)31/h3-6,17,22H,2,7-16,18-19H2,1H3,(H,32,34)/b20-17+. The van der Waals surface area contributed by atoms with Crippen molar-refractivity contribution in [3.05, 3.63) is 41.7 Å². The number of hydrogen-bond acceptors (Lipinski definition) is 3. The maximum atomic E-state index is 13.3. The van der Waals surface area contributed by atoms with Gasteiger partial charge in [0.2, 0.25) is 5.91 Å². The summed E-state index contributed by atoms with van der Waals surface area (Å²) >= 11 is 0. The van der Waals surface area contributed by atoms with E-state index in [9.17, 15) is 22.4 Å². The molecule has 2 bridgehead atoms. The van der Waals surface area contributed by atoms with Crippen LogP contribution in [0, 0.1) is 5.41 Å². The Hall–Kier alpha value is -2.09. The van der Waals surface area contributed by atoms with Crippen molar-refractivity contribution in [2.45, 2.75) is 82.3 Å². The molecule has 1 amide bonds. The van der Waals surface area contributed by atoms with Gasteiger partial charge in [-0.2, -0.15) is 13.2 Å². The SMILES string of the molecule is CC/C(=C\F)COc1ccc(C23CCC(C(=O)NC4CCN(CC(F)(F)F)CC4)(CC2)CC3)cc1. The summed E-state index contributed by atoms with van der Waals surface area (Å²) in [4.78, 5) is 14.7. The zero-order valence-corrected chi connectivity index (χ0v) is 20.4. The quantitative estimate of drug-likeness (QED) is 0.445. The van der Waals surface area contributed by atoms with Crippen molar-refractivity contribution in [2.24, 2.45) is 5.41 Å². The molecule has 4 aliphatic rings. The fourth-order valence-corrected chi connectivity index (χ4v) is 6.08. The summed E-state index contributed by atoms with van der Waals surface area (Å²) in [6.07, 6.45) is 3.56. The maximum absolute atomic E-state index is 13.3. The summed E-state index contributed by atoms with van der Waals surface area (Å²) in [6.45, 7) is 2.00. The van der Waals surface area contributed by atoms with Crippen molar-refractivity contribution in [1.82, 2.24) is 10.2 Å². The first-order valence-corrected chi connectivity index (χ1v) is 12.8. The monoisotopic (exact) mass is 496 g/mol. The van der Waals surface area contributed by atoms with Crippen LogP contribution in [0.15, 0.2) is 36.2 Å². The lowest BCUT2D eigenvalue weighted by Gasteiger charge is -2.53. The molecule has 194 valence electrons. The van der Waals surface area contributed by atoms with Crippen LogP contribution in [0.25, 0.3) is 0 Å². The summed E-state index contributed by atoms with van der Waals surface area (Å²) in [5, 5.41) is 3.19. The molecule has 0 aromatic heterocycles. The first-order valence-electron chi connectivity index (χ1n) is 12.8. The molecule has 0 atom stereocenters. The zero-order chi connectivity index (χ0) is 25.1. The normalized spacial score (nSPS) is 28.2. The van der Waals surface area contributed by atoms with E-state index in [0.29, 0.717) is 44.3 Å². The average Bonchev–Trinajstić information content (AvgIpc) is 2.86. The molecule has 35 heavy (non-hydrogen) atoms. The highest BCUT2D eigenvalue weighted by atomic mass is 19.4. The van der Waals surface area contributed by atoms with Crippen LogP contribution < -0.4 is 10.1 Å².